The Bertz CT molecular complexity index is 634. The predicted octanol–water partition coefficient (Wildman–Crippen LogP) is 4.52. The molecule has 2 rings (SSSR count). The van der Waals surface area contributed by atoms with E-state index in [0.29, 0.717) is 10.1 Å². The van der Waals surface area contributed by atoms with Gasteiger partial charge >= 0.3 is 0 Å². The summed E-state index contributed by atoms with van der Waals surface area (Å²) in [5.74, 6) is 0.338. The number of benzene rings is 1. The molecule has 0 aromatic heterocycles. The quantitative estimate of drug-likeness (QED) is 0.755. The van der Waals surface area contributed by atoms with Gasteiger partial charge in [-0.1, -0.05) is 65.5 Å². The number of carbonyl (C=O) groups excluding carboxylic acids is 1. The second kappa shape index (κ2) is 5.78. The normalized spacial score (nSPS) is 19.6. The summed E-state index contributed by atoms with van der Waals surface area (Å²) in [6.07, 6.45) is 0. The van der Waals surface area contributed by atoms with Gasteiger partial charge < -0.3 is 5.11 Å². The van der Waals surface area contributed by atoms with Crippen LogP contribution >= 0.6 is 24.0 Å². The Morgan fingerprint density at radius 2 is 1.52 bits per heavy atom. The van der Waals surface area contributed by atoms with E-state index < -0.39 is 0 Å². The highest BCUT2D eigenvalue weighted by Gasteiger charge is 2.37. The summed E-state index contributed by atoms with van der Waals surface area (Å²) in [7, 11) is 1.72. The van der Waals surface area contributed by atoms with Crippen molar-refractivity contribution in [2.24, 2.45) is 0 Å². The lowest BCUT2D eigenvalue weighted by Gasteiger charge is -2.28. The van der Waals surface area contributed by atoms with Crippen LogP contribution in [0.3, 0.4) is 0 Å². The summed E-state index contributed by atoms with van der Waals surface area (Å²) < 4.78 is 0.600. The van der Waals surface area contributed by atoms with E-state index in [-0.39, 0.29) is 22.0 Å². The highest BCUT2D eigenvalue weighted by Crippen LogP contribution is 2.45. The van der Waals surface area contributed by atoms with Crippen molar-refractivity contribution in [3.8, 4) is 5.75 Å². The highest BCUT2D eigenvalue weighted by atomic mass is 32.2. The number of phenolic OH excluding ortho intramolecular Hbond substituents is 1. The van der Waals surface area contributed by atoms with Gasteiger partial charge in [-0.05, 0) is 39.7 Å². The maximum Gasteiger partial charge on any atom is 0.245 e. The molecule has 0 spiro atoms. The van der Waals surface area contributed by atoms with Crippen LogP contribution in [0.5, 0.6) is 5.75 Å². The third-order valence-corrected chi connectivity index (χ3v) is 5.85. The average Bonchev–Trinajstić information content (AvgIpc) is 2.64. The van der Waals surface area contributed by atoms with Crippen LogP contribution in [0.4, 0.5) is 0 Å². The standard InChI is InChI=1S/C18H25NO2S2/c1-17(2,3)11-8-10(9-12(13(11)20)18(4,5)6)14-15(21)19(7)16(22)23-14/h8-9,14,20H,1-7H3. The fourth-order valence-electron chi connectivity index (χ4n) is 2.66. The Hall–Kier alpha value is -1.07. The zero-order chi connectivity index (χ0) is 17.7. The Kier molecular flexibility index (Phi) is 4.59. The summed E-state index contributed by atoms with van der Waals surface area (Å²) >= 11 is 6.66. The summed E-state index contributed by atoms with van der Waals surface area (Å²) in [6, 6.07) is 3.92. The fourth-order valence-corrected chi connectivity index (χ4v) is 4.02. The van der Waals surface area contributed by atoms with Crippen molar-refractivity contribution in [2.75, 3.05) is 7.05 Å². The molecule has 1 aromatic carbocycles. The van der Waals surface area contributed by atoms with Crippen LogP contribution in [-0.2, 0) is 15.6 Å². The number of carbonyl (C=O) groups is 1. The SMILES string of the molecule is CN1C(=O)C(c2cc(C(C)(C)C)c(O)c(C(C)(C)C)c2)SC1=S. The van der Waals surface area contributed by atoms with Gasteiger partial charge in [0.2, 0.25) is 5.91 Å². The number of nitrogens with zero attached hydrogens (tertiary/aromatic N) is 1. The number of hydrogen-bond donors (Lipinski definition) is 1. The van der Waals surface area contributed by atoms with Crippen LogP contribution in [0.25, 0.3) is 0 Å². The van der Waals surface area contributed by atoms with Gasteiger partial charge in [-0.3, -0.25) is 9.69 Å². The van der Waals surface area contributed by atoms with Gasteiger partial charge in [-0.25, -0.2) is 0 Å². The minimum Gasteiger partial charge on any atom is -0.507 e. The molecular formula is C18H25NO2S2. The minimum absolute atomic E-state index is 0.00501. The number of phenols is 1. The largest absolute Gasteiger partial charge is 0.507 e. The number of aromatic hydroxyl groups is 1. The van der Waals surface area contributed by atoms with Crippen molar-refractivity contribution >= 4 is 34.2 Å². The van der Waals surface area contributed by atoms with Crippen molar-refractivity contribution in [3.05, 3.63) is 28.8 Å². The average molecular weight is 352 g/mol. The molecule has 0 bridgehead atoms. The van der Waals surface area contributed by atoms with Crippen molar-refractivity contribution in [2.45, 2.75) is 57.6 Å². The maximum atomic E-state index is 12.5. The summed E-state index contributed by atoms with van der Waals surface area (Å²) in [6.45, 7) is 12.4. The molecule has 1 N–H and O–H groups in total. The van der Waals surface area contributed by atoms with Gasteiger partial charge in [0.1, 0.15) is 15.3 Å². The highest BCUT2D eigenvalue weighted by molar-refractivity contribution is 8.24. The number of thioether (sulfide) groups is 1. The van der Waals surface area contributed by atoms with Crippen molar-refractivity contribution in [3.63, 3.8) is 0 Å². The van der Waals surface area contributed by atoms with Gasteiger partial charge in [0.25, 0.3) is 0 Å². The van der Waals surface area contributed by atoms with Gasteiger partial charge in [-0.2, -0.15) is 0 Å². The maximum absolute atomic E-state index is 12.5. The molecule has 0 radical (unpaired) electrons. The molecule has 1 heterocycles. The first-order chi connectivity index (χ1) is 10.3. The van der Waals surface area contributed by atoms with E-state index in [9.17, 15) is 9.90 Å². The van der Waals surface area contributed by atoms with Gasteiger partial charge in [0, 0.05) is 7.05 Å². The van der Waals surface area contributed by atoms with Crippen LogP contribution < -0.4 is 0 Å². The topological polar surface area (TPSA) is 40.5 Å². The van der Waals surface area contributed by atoms with Gasteiger partial charge in [-0.15, -0.1) is 0 Å². The molecule has 1 saturated heterocycles. The van der Waals surface area contributed by atoms with E-state index in [1.54, 1.807) is 7.05 Å². The number of hydrogen-bond acceptors (Lipinski definition) is 4. The molecule has 0 aliphatic carbocycles. The van der Waals surface area contributed by atoms with E-state index >= 15 is 0 Å². The summed E-state index contributed by atoms with van der Waals surface area (Å²) in [5, 5.41) is 10.4. The Labute approximate surface area is 148 Å². The minimum atomic E-state index is -0.324. The predicted molar refractivity (Wildman–Crippen MR) is 101 cm³/mol. The number of likely N-dealkylation sites (N-methyl/N-ethyl adjacent to an activating group) is 1. The van der Waals surface area contributed by atoms with Crippen LogP contribution in [-0.4, -0.2) is 27.3 Å². The summed E-state index contributed by atoms with van der Waals surface area (Å²) in [5.41, 5.74) is 2.24. The Morgan fingerprint density at radius 1 is 1.09 bits per heavy atom. The van der Waals surface area contributed by atoms with E-state index in [1.807, 2.05) is 12.1 Å². The molecule has 1 aliphatic heterocycles. The van der Waals surface area contributed by atoms with Crippen LogP contribution in [0.1, 0.15) is 63.5 Å². The third-order valence-electron chi connectivity index (χ3n) is 4.10. The zero-order valence-corrected chi connectivity index (χ0v) is 16.5. The molecular weight excluding hydrogens is 326 g/mol. The third kappa shape index (κ3) is 3.41. The molecule has 1 aromatic rings. The van der Waals surface area contributed by atoms with Crippen LogP contribution in [0.2, 0.25) is 0 Å². The van der Waals surface area contributed by atoms with Gasteiger partial charge in [0.05, 0.1) is 0 Å². The number of thiocarbonyl (C=S) groups is 1. The first kappa shape index (κ1) is 18.3. The second-order valence-electron chi connectivity index (χ2n) is 8.13. The molecule has 23 heavy (non-hydrogen) atoms. The van der Waals surface area contributed by atoms with Crippen molar-refractivity contribution in [1.82, 2.24) is 4.90 Å². The summed E-state index contributed by atoms with van der Waals surface area (Å²) in [4.78, 5) is 14.0. The Morgan fingerprint density at radius 3 is 1.83 bits per heavy atom. The fraction of sp³-hybridized carbons (Fsp3) is 0.556. The molecule has 1 fully saturated rings. The first-order valence-electron chi connectivity index (χ1n) is 7.70. The van der Waals surface area contributed by atoms with E-state index in [0.717, 1.165) is 16.7 Å². The van der Waals surface area contributed by atoms with Gasteiger partial charge in [0.15, 0.2) is 0 Å². The monoisotopic (exact) mass is 351 g/mol. The molecule has 126 valence electrons. The molecule has 1 amide bonds. The van der Waals surface area contributed by atoms with E-state index in [2.05, 4.69) is 41.5 Å². The number of amides is 1. The van der Waals surface area contributed by atoms with Crippen LogP contribution in [0.15, 0.2) is 12.1 Å². The van der Waals surface area contributed by atoms with Crippen molar-refractivity contribution in [1.29, 1.82) is 0 Å². The van der Waals surface area contributed by atoms with E-state index in [4.69, 9.17) is 12.2 Å². The Balaban J connectivity index is 2.66. The molecule has 0 saturated carbocycles. The smallest absolute Gasteiger partial charge is 0.245 e. The molecule has 1 aliphatic rings. The lowest BCUT2D eigenvalue weighted by Crippen LogP contribution is -2.25. The molecule has 1 unspecified atom stereocenters. The zero-order valence-electron chi connectivity index (χ0n) is 14.9. The lowest BCUT2D eigenvalue weighted by atomic mass is 9.78. The number of rotatable bonds is 1. The molecule has 3 nitrogen and oxygen atoms in total. The first-order valence-corrected chi connectivity index (χ1v) is 8.99. The van der Waals surface area contributed by atoms with Crippen LogP contribution in [0, 0.1) is 0 Å². The molecule has 1 atom stereocenters. The molecule has 5 heteroatoms. The second-order valence-corrected chi connectivity index (χ2v) is 9.86. The lowest BCUT2D eigenvalue weighted by molar-refractivity contribution is -0.125. The van der Waals surface area contributed by atoms with Crippen molar-refractivity contribution < 1.29 is 9.90 Å². The van der Waals surface area contributed by atoms with E-state index in [1.165, 1.54) is 16.7 Å².